The predicted molar refractivity (Wildman–Crippen MR) is 427 cm³/mol. The molecule has 1 unspecified atom stereocenters. The number of halogens is 9. The van der Waals surface area contributed by atoms with E-state index < -0.39 is 10.0 Å². The number of nitrogens with one attached hydrogen (secondary N) is 1. The van der Waals surface area contributed by atoms with Crippen molar-refractivity contribution in [3.8, 4) is 28.7 Å². The SMILES string of the molecule is CC(C)c1nc2n(n1)N=CC2=Nc1cc(Cl)c(O)c(Cl)c1.CC(CNS(C)(=O)=O)c1nc2n(n1)N=CC2=Nc1cc(Cl)c(O)c(Cl)c1.CC1=Nn2c(C)nnc2C1=Nc1cc(Br)c(O)c(Br)c1.CCOC1=Nn2c(C)nnc2C1=Nc1ccc(O)c(Cl)c1.CCOC1=Nn2nc(C)nc2C1=Nc1cc(Cl)c(O)c(Cl)c1. The Kier molecular flexibility index (Phi) is 25.1. The minimum Gasteiger partial charge on any atom is -0.506 e. The van der Waals surface area contributed by atoms with Crippen LogP contribution in [0.2, 0.25) is 35.2 Å². The Balaban J connectivity index is 0.000000137. The van der Waals surface area contributed by atoms with E-state index in [0.29, 0.717) is 143 Å². The fourth-order valence-electron chi connectivity index (χ4n) is 9.62. The van der Waals surface area contributed by atoms with Crippen molar-refractivity contribution >= 4 is 210 Å². The molecule has 110 heavy (non-hydrogen) atoms. The lowest BCUT2D eigenvalue weighted by atomic mass is 10.2. The summed E-state index contributed by atoms with van der Waals surface area (Å²) in [6.07, 6.45) is 4.13. The number of phenols is 5. The first-order chi connectivity index (χ1) is 52.1. The first-order valence-electron chi connectivity index (χ1n) is 32.1. The van der Waals surface area contributed by atoms with E-state index in [-0.39, 0.29) is 82.3 Å². The number of aliphatic imine (C=N–C) groups is 5. The Hall–Kier alpha value is -10.0. The van der Waals surface area contributed by atoms with Gasteiger partial charge >= 0.3 is 0 Å². The molecule has 5 aliphatic rings. The third-order valence-corrected chi connectivity index (χ3v) is 18.8. The fourth-order valence-corrected chi connectivity index (χ4v) is 12.9. The van der Waals surface area contributed by atoms with Crippen molar-refractivity contribution in [1.29, 1.82) is 0 Å². The maximum atomic E-state index is 11.2. The van der Waals surface area contributed by atoms with Crippen molar-refractivity contribution in [2.75, 3.05) is 26.0 Å². The van der Waals surface area contributed by atoms with E-state index in [4.69, 9.17) is 90.7 Å². The fraction of sp³-hybridized carbons (Fsp3) is 0.231. The van der Waals surface area contributed by atoms with Crippen LogP contribution in [-0.4, -0.2) is 193 Å². The lowest BCUT2D eigenvalue weighted by Crippen LogP contribution is -2.26. The number of ether oxygens (including phenoxy) is 2. The van der Waals surface area contributed by atoms with Crippen LogP contribution < -0.4 is 4.72 Å². The van der Waals surface area contributed by atoms with Gasteiger partial charge in [-0.1, -0.05) is 102 Å². The Labute approximate surface area is 675 Å². The molecule has 5 aromatic heterocycles. The van der Waals surface area contributed by atoms with Crippen LogP contribution >= 0.6 is 113 Å². The molecule has 0 amide bonds. The van der Waals surface area contributed by atoms with Gasteiger partial charge < -0.3 is 35.0 Å². The average molecular weight is 1790 g/mol. The molecule has 0 saturated carbocycles. The van der Waals surface area contributed by atoms with E-state index in [9.17, 15) is 34.0 Å². The summed E-state index contributed by atoms with van der Waals surface area (Å²) in [4.78, 5) is 39.4. The van der Waals surface area contributed by atoms with Crippen LogP contribution in [-0.2, 0) is 19.5 Å². The monoisotopic (exact) mass is 1780 g/mol. The second-order valence-corrected chi connectivity index (χ2v) is 30.0. The average Bonchev–Trinajstić information content (AvgIpc) is 1.65. The van der Waals surface area contributed by atoms with Gasteiger partial charge in [-0.3, -0.25) is 0 Å². The third-order valence-electron chi connectivity index (χ3n) is 14.9. The van der Waals surface area contributed by atoms with Crippen molar-refractivity contribution in [3.63, 3.8) is 0 Å². The molecular weight excluding hydrogens is 1730 g/mol. The van der Waals surface area contributed by atoms with Gasteiger partial charge in [0.1, 0.15) is 28.6 Å². The zero-order valence-corrected chi connectivity index (χ0v) is 67.9. The molecule has 0 aliphatic carbocycles. The van der Waals surface area contributed by atoms with Gasteiger partial charge in [-0.15, -0.1) is 60.3 Å². The number of sulfonamides is 1. The molecule has 5 aromatic carbocycles. The van der Waals surface area contributed by atoms with Gasteiger partial charge in [-0.2, -0.15) is 24.7 Å². The number of aromatic hydroxyl groups is 5. The molecule has 1 atom stereocenters. The van der Waals surface area contributed by atoms with Gasteiger partial charge in [0.05, 0.1) is 110 Å². The molecule has 35 nitrogen and oxygen atoms in total. The van der Waals surface area contributed by atoms with Crippen LogP contribution in [0.25, 0.3) is 0 Å². The summed E-state index contributed by atoms with van der Waals surface area (Å²) >= 11 is 47.8. The van der Waals surface area contributed by atoms with Gasteiger partial charge in [0.2, 0.25) is 39.1 Å². The topological polar surface area (TPSA) is 443 Å². The zero-order chi connectivity index (χ0) is 79.5. The Morgan fingerprint density at radius 2 is 0.918 bits per heavy atom. The van der Waals surface area contributed by atoms with Gasteiger partial charge in [-0.05, 0) is 140 Å². The minimum absolute atomic E-state index is 0.00440. The van der Waals surface area contributed by atoms with Gasteiger partial charge in [0, 0.05) is 18.4 Å². The molecule has 6 N–H and O–H groups in total. The number of hydrogen-bond acceptors (Lipinski definition) is 29. The third kappa shape index (κ3) is 18.5. The minimum atomic E-state index is -3.30. The molecule has 5 aliphatic heterocycles. The Morgan fingerprint density at radius 3 is 1.41 bits per heavy atom. The highest BCUT2D eigenvalue weighted by Gasteiger charge is 2.32. The van der Waals surface area contributed by atoms with Crippen molar-refractivity contribution < 1.29 is 43.4 Å². The van der Waals surface area contributed by atoms with E-state index in [1.54, 1.807) is 60.6 Å². The van der Waals surface area contributed by atoms with Crippen molar-refractivity contribution in [3.05, 3.63) is 169 Å². The molecule has 10 heterocycles. The molecule has 0 bridgehead atoms. The molecule has 15 rings (SSSR count). The predicted octanol–water partition coefficient (Wildman–Crippen LogP) is 13.7. The van der Waals surface area contributed by atoms with Crippen LogP contribution in [0, 0.1) is 20.8 Å². The van der Waals surface area contributed by atoms with Gasteiger partial charge in [-0.25, -0.2) is 53.1 Å². The van der Waals surface area contributed by atoms with Crippen LogP contribution in [0.1, 0.15) is 112 Å². The number of nitrogens with zero attached hydrogens (tertiary/aromatic N) is 25. The maximum Gasteiger partial charge on any atom is 0.263 e. The number of aryl methyl sites for hydroxylation is 3. The van der Waals surface area contributed by atoms with Crippen molar-refractivity contribution in [1.82, 2.24) is 79.1 Å². The van der Waals surface area contributed by atoms with E-state index in [2.05, 4.69) is 138 Å². The second kappa shape index (κ2) is 34.1. The van der Waals surface area contributed by atoms with Crippen LogP contribution in [0.3, 0.4) is 0 Å². The molecular formula is C65H57Br2Cl7N26O9S. The summed E-state index contributed by atoms with van der Waals surface area (Å²) in [5.74, 6) is 5.92. The smallest absolute Gasteiger partial charge is 0.263 e. The van der Waals surface area contributed by atoms with Crippen LogP contribution in [0.5, 0.6) is 28.7 Å². The normalized spacial score (nSPS) is 15.5. The molecule has 0 radical (unpaired) electrons. The van der Waals surface area contributed by atoms with Crippen LogP contribution in [0.4, 0.5) is 28.4 Å². The summed E-state index contributed by atoms with van der Waals surface area (Å²) in [6.45, 7) is 17.8. The first kappa shape index (κ1) is 81.0. The largest absolute Gasteiger partial charge is 0.506 e. The Bertz CT molecular complexity index is 5690. The highest BCUT2D eigenvalue weighted by atomic mass is 79.9. The summed E-state index contributed by atoms with van der Waals surface area (Å²) < 4.78 is 40.1. The number of rotatable bonds is 12. The highest BCUT2D eigenvalue weighted by molar-refractivity contribution is 9.11. The van der Waals surface area contributed by atoms with E-state index >= 15 is 0 Å². The van der Waals surface area contributed by atoms with Gasteiger partial charge in [0.15, 0.2) is 57.8 Å². The number of fused-ring (bicyclic) bond motifs is 5. The summed E-state index contributed by atoms with van der Waals surface area (Å²) in [5.41, 5.74) is 5.99. The summed E-state index contributed by atoms with van der Waals surface area (Å²) in [6, 6.07) is 17.1. The lowest BCUT2D eigenvalue weighted by molar-refractivity contribution is 0.331. The zero-order valence-electron chi connectivity index (χ0n) is 58.6. The number of aromatic nitrogens is 15. The quantitative estimate of drug-likeness (QED) is 0.0661. The number of hydrogen-bond donors (Lipinski definition) is 6. The van der Waals surface area contributed by atoms with E-state index in [1.807, 2.05) is 41.5 Å². The van der Waals surface area contributed by atoms with Crippen LogP contribution in [0.15, 0.2) is 126 Å². The number of benzene rings is 5. The summed E-state index contributed by atoms with van der Waals surface area (Å²) in [7, 11) is -3.30. The van der Waals surface area contributed by atoms with E-state index in [0.717, 1.165) is 17.8 Å². The standard InChI is InChI=1S/C14H14Cl2N6O3S.C13H11Cl2N5O2.C13H11Cl2N5O.C13H12ClN5O2.C12H9Br2N5O/c1-7(5-18-26(2,24)25)13-20-14-11(6-17-22(14)21-13)19-8-3-9(15)12(23)10(16)4-8;1-3-22-13-10(12-16-6(2)18-20(12)19-13)17-7-4-8(14)11(21)9(15)5-7;1-6(2)12-18-13-10(5-16-20(13)19-12)17-7-3-8(14)11(21)9(15)4-7;1-3-21-13-11(12-17-16-7(2)19(12)18-13)15-8-4-5-10(20)9(14)6-8;1-5-10(12-17-16-6(2)19(12)18-5)15-7-3-8(13)11(20)9(14)4-7/h3-4,6-7,18,23H,5H2,1-2H3;4-5,21H,3H2,1-2H3;3-6,21H,1-2H3;4-6,20H,3H2,1-2H3;3-4,20H,1-2H3. The highest BCUT2D eigenvalue weighted by Crippen LogP contribution is 2.41. The lowest BCUT2D eigenvalue weighted by Gasteiger charge is -2.07. The van der Waals surface area contributed by atoms with Crippen molar-refractivity contribution in [2.24, 2.45) is 50.5 Å². The molecule has 570 valence electrons. The first-order valence-corrected chi connectivity index (χ1v) is 38.2. The molecule has 0 saturated heterocycles. The molecule has 10 aromatic rings. The molecule has 0 fully saturated rings. The summed E-state index contributed by atoms with van der Waals surface area (Å²) in [5, 5.41) is 98.5. The molecule has 45 heteroatoms. The second-order valence-electron chi connectivity index (χ2n) is 23.6. The number of phenolic OH excluding ortho intramolecular Hbond substituents is 5. The van der Waals surface area contributed by atoms with Gasteiger partial charge in [0.25, 0.3) is 11.8 Å². The Morgan fingerprint density at radius 1 is 0.491 bits per heavy atom. The van der Waals surface area contributed by atoms with E-state index in [1.165, 1.54) is 63.1 Å². The maximum absolute atomic E-state index is 11.2. The molecule has 0 spiro atoms. The van der Waals surface area contributed by atoms with Crippen molar-refractivity contribution in [2.45, 2.75) is 74.1 Å².